The molecule has 0 bridgehead atoms. The Labute approximate surface area is 94.9 Å². The van der Waals surface area contributed by atoms with E-state index in [9.17, 15) is 0 Å². The molecule has 5 heteroatoms. The van der Waals surface area contributed by atoms with Gasteiger partial charge in [0.1, 0.15) is 0 Å². The van der Waals surface area contributed by atoms with E-state index < -0.39 is 0 Å². The summed E-state index contributed by atoms with van der Waals surface area (Å²) in [6.07, 6.45) is 2.17. The number of nitrogens with zero attached hydrogens (tertiary/aromatic N) is 2. The van der Waals surface area contributed by atoms with Crippen molar-refractivity contribution in [3.8, 4) is 0 Å². The van der Waals surface area contributed by atoms with Gasteiger partial charge in [-0.2, -0.15) is 0 Å². The molecule has 0 amide bonds. The highest BCUT2D eigenvalue weighted by Gasteiger charge is 2.26. The van der Waals surface area contributed by atoms with E-state index in [1.807, 2.05) is 25.1 Å². The first-order chi connectivity index (χ1) is 7.58. The molecule has 0 aromatic heterocycles. The van der Waals surface area contributed by atoms with E-state index in [1.165, 1.54) is 5.12 Å². The lowest BCUT2D eigenvalue weighted by Crippen LogP contribution is -2.31. The Kier molecular flexibility index (Phi) is 2.70. The molecule has 0 aliphatic heterocycles. The van der Waals surface area contributed by atoms with Gasteiger partial charge in [0.15, 0.2) is 5.84 Å². The van der Waals surface area contributed by atoms with Crippen molar-refractivity contribution in [2.45, 2.75) is 25.8 Å². The fourth-order valence-corrected chi connectivity index (χ4v) is 1.40. The van der Waals surface area contributed by atoms with Gasteiger partial charge in [0, 0.05) is 11.3 Å². The van der Waals surface area contributed by atoms with Crippen LogP contribution in [0.5, 0.6) is 0 Å². The molecule has 1 aromatic rings. The first-order valence-electron chi connectivity index (χ1n) is 5.32. The minimum absolute atomic E-state index is 0.348. The van der Waals surface area contributed by atoms with Crippen molar-refractivity contribution in [3.05, 3.63) is 29.3 Å². The Morgan fingerprint density at radius 1 is 1.44 bits per heavy atom. The SMILES string of the molecule is Cc1ccc(/C(N)=N/N(N)C2CC2)cc1N. The summed E-state index contributed by atoms with van der Waals surface area (Å²) in [5, 5.41) is 5.57. The average molecular weight is 219 g/mol. The molecule has 1 saturated carbocycles. The third-order valence-electron chi connectivity index (χ3n) is 2.72. The number of nitrogens with two attached hydrogens (primary N) is 3. The van der Waals surface area contributed by atoms with Gasteiger partial charge in [-0.25, -0.2) is 11.0 Å². The fourth-order valence-electron chi connectivity index (χ4n) is 1.40. The second-order valence-electron chi connectivity index (χ2n) is 4.17. The topological polar surface area (TPSA) is 93.7 Å². The van der Waals surface area contributed by atoms with Gasteiger partial charge in [-0.15, -0.1) is 5.10 Å². The molecule has 16 heavy (non-hydrogen) atoms. The van der Waals surface area contributed by atoms with Gasteiger partial charge < -0.3 is 11.5 Å². The molecule has 1 aliphatic carbocycles. The van der Waals surface area contributed by atoms with Crippen molar-refractivity contribution in [2.75, 3.05) is 5.73 Å². The van der Waals surface area contributed by atoms with E-state index in [-0.39, 0.29) is 0 Å². The second-order valence-corrected chi connectivity index (χ2v) is 4.17. The largest absolute Gasteiger partial charge is 0.398 e. The third-order valence-corrected chi connectivity index (χ3v) is 2.72. The number of hydrazone groups is 1. The lowest BCUT2D eigenvalue weighted by molar-refractivity contribution is 0.288. The quantitative estimate of drug-likeness (QED) is 0.227. The molecule has 5 nitrogen and oxygen atoms in total. The Balaban J connectivity index is 2.18. The molecule has 6 N–H and O–H groups in total. The van der Waals surface area contributed by atoms with Gasteiger partial charge in [-0.1, -0.05) is 12.1 Å². The van der Waals surface area contributed by atoms with Crippen LogP contribution >= 0.6 is 0 Å². The van der Waals surface area contributed by atoms with Crippen LogP contribution in [0, 0.1) is 6.92 Å². The Morgan fingerprint density at radius 2 is 2.12 bits per heavy atom. The summed E-state index contributed by atoms with van der Waals surface area (Å²) in [7, 11) is 0. The van der Waals surface area contributed by atoms with Crippen LogP contribution in [-0.4, -0.2) is 17.0 Å². The summed E-state index contributed by atoms with van der Waals surface area (Å²) in [5.74, 6) is 6.12. The first-order valence-corrected chi connectivity index (χ1v) is 5.32. The zero-order chi connectivity index (χ0) is 11.7. The normalized spacial score (nSPS) is 16.2. The zero-order valence-corrected chi connectivity index (χ0v) is 9.35. The van der Waals surface area contributed by atoms with Gasteiger partial charge in [-0.05, 0) is 31.4 Å². The molecular formula is C11H17N5. The molecule has 0 unspecified atom stereocenters. The van der Waals surface area contributed by atoms with E-state index in [0.29, 0.717) is 17.6 Å². The highest BCUT2D eigenvalue weighted by atomic mass is 15.7. The predicted octanol–water partition coefficient (Wildman–Crippen LogP) is 0.536. The monoisotopic (exact) mass is 219 g/mol. The van der Waals surface area contributed by atoms with Crippen molar-refractivity contribution < 1.29 is 0 Å². The van der Waals surface area contributed by atoms with Gasteiger partial charge in [0.25, 0.3) is 0 Å². The maximum absolute atomic E-state index is 5.85. The fraction of sp³-hybridized carbons (Fsp3) is 0.364. The maximum atomic E-state index is 5.85. The number of hydrogen-bond acceptors (Lipinski definition) is 4. The molecule has 0 atom stereocenters. The highest BCUT2D eigenvalue weighted by molar-refractivity contribution is 5.98. The lowest BCUT2D eigenvalue weighted by atomic mass is 10.1. The summed E-state index contributed by atoms with van der Waals surface area (Å²) in [5.41, 5.74) is 14.2. The number of hydrogen-bond donors (Lipinski definition) is 3. The lowest BCUT2D eigenvalue weighted by Gasteiger charge is -2.12. The molecule has 86 valence electrons. The van der Waals surface area contributed by atoms with Gasteiger partial charge in [-0.3, -0.25) is 0 Å². The minimum atomic E-state index is 0.348. The van der Waals surface area contributed by atoms with Crippen LogP contribution in [-0.2, 0) is 0 Å². The molecular weight excluding hydrogens is 202 g/mol. The van der Waals surface area contributed by atoms with Crippen molar-refractivity contribution in [1.82, 2.24) is 5.12 Å². The molecule has 1 aliphatic rings. The number of aryl methyl sites for hydroxylation is 1. The van der Waals surface area contributed by atoms with Gasteiger partial charge in [0.05, 0.1) is 6.04 Å². The summed E-state index contributed by atoms with van der Waals surface area (Å²) >= 11 is 0. The van der Waals surface area contributed by atoms with Crippen LogP contribution < -0.4 is 17.3 Å². The van der Waals surface area contributed by atoms with Crippen molar-refractivity contribution >= 4 is 11.5 Å². The maximum Gasteiger partial charge on any atom is 0.152 e. The standard InChI is InChI=1S/C11H17N5/c1-7-2-3-8(6-10(7)12)11(13)15-16(14)9-4-5-9/h2-3,6,9H,4-5,12,14H2,1H3,(H2,13,15). The van der Waals surface area contributed by atoms with Gasteiger partial charge >= 0.3 is 0 Å². The summed E-state index contributed by atoms with van der Waals surface area (Å²) < 4.78 is 0. The molecule has 0 saturated heterocycles. The van der Waals surface area contributed by atoms with Crippen LogP contribution in [0.3, 0.4) is 0 Å². The number of rotatable bonds is 3. The summed E-state index contributed by atoms with van der Waals surface area (Å²) in [6, 6.07) is 5.98. The van der Waals surface area contributed by atoms with E-state index in [4.69, 9.17) is 17.3 Å². The van der Waals surface area contributed by atoms with Crippen molar-refractivity contribution in [1.29, 1.82) is 0 Å². The molecule has 0 spiro atoms. The Bertz CT molecular complexity index is 422. The Morgan fingerprint density at radius 3 is 2.69 bits per heavy atom. The first kappa shape index (κ1) is 10.8. The number of hydrazine groups is 1. The zero-order valence-electron chi connectivity index (χ0n) is 9.35. The van der Waals surface area contributed by atoms with Gasteiger partial charge in [0.2, 0.25) is 0 Å². The third kappa shape index (κ3) is 2.25. The van der Waals surface area contributed by atoms with Crippen molar-refractivity contribution in [3.63, 3.8) is 0 Å². The van der Waals surface area contributed by atoms with Crippen LogP contribution in [0.4, 0.5) is 5.69 Å². The molecule has 0 radical (unpaired) electrons. The summed E-state index contributed by atoms with van der Waals surface area (Å²) in [4.78, 5) is 0. The van der Waals surface area contributed by atoms with Crippen LogP contribution in [0.15, 0.2) is 23.3 Å². The van der Waals surface area contributed by atoms with Crippen molar-refractivity contribution in [2.24, 2.45) is 16.7 Å². The second kappa shape index (κ2) is 4.02. The number of benzene rings is 1. The van der Waals surface area contributed by atoms with E-state index in [0.717, 1.165) is 24.0 Å². The predicted molar refractivity (Wildman–Crippen MR) is 65.4 cm³/mol. The molecule has 2 rings (SSSR count). The molecule has 0 heterocycles. The minimum Gasteiger partial charge on any atom is -0.398 e. The number of anilines is 1. The molecule has 1 aromatic carbocycles. The highest BCUT2D eigenvalue weighted by Crippen LogP contribution is 2.24. The average Bonchev–Trinajstić information content (AvgIpc) is 3.05. The molecule has 1 fully saturated rings. The van der Waals surface area contributed by atoms with Crippen LogP contribution in [0.2, 0.25) is 0 Å². The van der Waals surface area contributed by atoms with E-state index in [1.54, 1.807) is 0 Å². The number of amidine groups is 1. The van der Waals surface area contributed by atoms with E-state index in [2.05, 4.69) is 5.10 Å². The van der Waals surface area contributed by atoms with Crippen LogP contribution in [0.1, 0.15) is 24.0 Å². The van der Waals surface area contributed by atoms with E-state index >= 15 is 0 Å². The Hall–Kier alpha value is -1.75. The summed E-state index contributed by atoms with van der Waals surface area (Å²) in [6.45, 7) is 1.95. The number of nitrogen functional groups attached to an aromatic ring is 1. The smallest absolute Gasteiger partial charge is 0.152 e. The van der Waals surface area contributed by atoms with Crippen LogP contribution in [0.25, 0.3) is 0 Å².